The van der Waals surface area contributed by atoms with E-state index in [1.807, 2.05) is 12.1 Å². The molecule has 0 aliphatic heterocycles. The second-order valence-electron chi connectivity index (χ2n) is 11.8. The van der Waals surface area contributed by atoms with Gasteiger partial charge in [0.1, 0.15) is 11.2 Å². The van der Waals surface area contributed by atoms with Crippen molar-refractivity contribution in [3.8, 4) is 22.3 Å². The molecule has 0 saturated carbocycles. The predicted octanol–water partition coefficient (Wildman–Crippen LogP) is 12.7. The molecule has 0 bridgehead atoms. The molecule has 0 aliphatic rings. The van der Waals surface area contributed by atoms with E-state index < -0.39 is 0 Å². The molecule has 0 amide bonds. The van der Waals surface area contributed by atoms with Crippen molar-refractivity contribution in [2.45, 2.75) is 0 Å². The summed E-state index contributed by atoms with van der Waals surface area (Å²) in [5.74, 6) is 0. The fraction of sp³-hybridized carbons (Fsp3) is 0. The average molecular weight is 588 g/mol. The predicted molar refractivity (Wildman–Crippen MR) is 194 cm³/mol. The summed E-state index contributed by atoms with van der Waals surface area (Å²) in [6.45, 7) is 0. The number of hydrogen-bond donors (Lipinski definition) is 0. The number of para-hydroxylation sites is 1. The molecule has 0 spiro atoms. The van der Waals surface area contributed by atoms with Crippen molar-refractivity contribution in [3.05, 3.63) is 176 Å². The largest absolute Gasteiger partial charge is 0.456 e. The van der Waals surface area contributed by atoms with Crippen molar-refractivity contribution in [2.75, 3.05) is 4.90 Å². The maximum atomic E-state index is 6.25. The van der Waals surface area contributed by atoms with E-state index in [9.17, 15) is 0 Å². The summed E-state index contributed by atoms with van der Waals surface area (Å²) < 4.78 is 6.25. The van der Waals surface area contributed by atoms with Gasteiger partial charge in [-0.15, -0.1) is 0 Å². The first-order chi connectivity index (χ1) is 22.8. The zero-order valence-electron chi connectivity index (χ0n) is 25.1. The molecule has 0 fully saturated rings. The Morgan fingerprint density at radius 3 is 1.85 bits per heavy atom. The lowest BCUT2D eigenvalue weighted by Gasteiger charge is -2.29. The Labute approximate surface area is 267 Å². The van der Waals surface area contributed by atoms with Gasteiger partial charge in [-0.05, 0) is 92.8 Å². The van der Waals surface area contributed by atoms with Crippen molar-refractivity contribution in [1.29, 1.82) is 0 Å². The third-order valence-electron chi connectivity index (χ3n) is 9.00. The average Bonchev–Trinajstić information content (AvgIpc) is 3.50. The van der Waals surface area contributed by atoms with Crippen LogP contribution < -0.4 is 4.90 Å². The van der Waals surface area contributed by atoms with Crippen LogP contribution in [0.25, 0.3) is 65.7 Å². The molecule has 46 heavy (non-hydrogen) atoms. The van der Waals surface area contributed by atoms with E-state index in [-0.39, 0.29) is 0 Å². The maximum absolute atomic E-state index is 6.25. The van der Waals surface area contributed by atoms with Gasteiger partial charge in [0.25, 0.3) is 0 Å². The molecular weight excluding hydrogens is 558 g/mol. The normalized spacial score (nSPS) is 11.5. The summed E-state index contributed by atoms with van der Waals surface area (Å²) in [7, 11) is 0. The minimum Gasteiger partial charge on any atom is -0.456 e. The first-order valence-corrected chi connectivity index (χ1v) is 15.7. The SMILES string of the molecule is c1ccc(-c2cccc(N(c3ccc4oc5ccccc5c4c3)c3cc4ccccc4cc3-c3ccc4ccccc4c3)c2)cc1. The minimum absolute atomic E-state index is 0.885. The zero-order chi connectivity index (χ0) is 30.5. The molecule has 9 rings (SSSR count). The Balaban J connectivity index is 1.34. The second kappa shape index (κ2) is 10.8. The highest BCUT2D eigenvalue weighted by Gasteiger charge is 2.20. The molecule has 2 heteroatoms. The number of hydrogen-bond acceptors (Lipinski definition) is 2. The van der Waals surface area contributed by atoms with Crippen LogP contribution in [0.4, 0.5) is 17.1 Å². The van der Waals surface area contributed by atoms with Gasteiger partial charge in [-0.25, -0.2) is 0 Å². The van der Waals surface area contributed by atoms with E-state index in [2.05, 4.69) is 169 Å². The molecule has 1 heterocycles. The first kappa shape index (κ1) is 26.3. The summed E-state index contributed by atoms with van der Waals surface area (Å²) in [4.78, 5) is 2.41. The molecule has 0 N–H and O–H groups in total. The van der Waals surface area contributed by atoms with Crippen LogP contribution in [0, 0.1) is 0 Å². The van der Waals surface area contributed by atoms with Gasteiger partial charge >= 0.3 is 0 Å². The fourth-order valence-corrected chi connectivity index (χ4v) is 6.74. The number of anilines is 3. The smallest absolute Gasteiger partial charge is 0.135 e. The van der Waals surface area contributed by atoms with E-state index in [1.165, 1.54) is 43.8 Å². The molecule has 9 aromatic rings. The molecule has 0 saturated heterocycles. The Morgan fingerprint density at radius 2 is 1.00 bits per heavy atom. The summed E-state index contributed by atoms with van der Waals surface area (Å²) >= 11 is 0. The van der Waals surface area contributed by atoms with Crippen molar-refractivity contribution < 1.29 is 4.42 Å². The summed E-state index contributed by atoms with van der Waals surface area (Å²) in [6, 6.07) is 63.0. The highest BCUT2D eigenvalue weighted by molar-refractivity contribution is 6.07. The third kappa shape index (κ3) is 4.51. The van der Waals surface area contributed by atoms with Gasteiger partial charge in [0.15, 0.2) is 0 Å². The van der Waals surface area contributed by atoms with Gasteiger partial charge in [-0.2, -0.15) is 0 Å². The molecular formula is C44H29NO. The van der Waals surface area contributed by atoms with Gasteiger partial charge in [0.2, 0.25) is 0 Å². The van der Waals surface area contributed by atoms with Gasteiger partial charge < -0.3 is 9.32 Å². The number of benzene rings is 8. The van der Waals surface area contributed by atoms with Gasteiger partial charge in [-0.3, -0.25) is 0 Å². The molecule has 0 radical (unpaired) electrons. The van der Waals surface area contributed by atoms with Crippen LogP contribution in [0.15, 0.2) is 180 Å². The van der Waals surface area contributed by atoms with Crippen LogP contribution in [0.3, 0.4) is 0 Å². The monoisotopic (exact) mass is 587 g/mol. The Kier molecular flexibility index (Phi) is 6.17. The lowest BCUT2D eigenvalue weighted by molar-refractivity contribution is 0.669. The number of nitrogens with zero attached hydrogens (tertiary/aromatic N) is 1. The van der Waals surface area contributed by atoms with E-state index in [0.717, 1.165) is 39.0 Å². The first-order valence-electron chi connectivity index (χ1n) is 15.7. The van der Waals surface area contributed by atoms with Crippen LogP contribution in [0.1, 0.15) is 0 Å². The quantitative estimate of drug-likeness (QED) is 0.199. The van der Waals surface area contributed by atoms with E-state index in [0.29, 0.717) is 0 Å². The molecule has 0 aliphatic carbocycles. The Bertz CT molecular complexity index is 2540. The van der Waals surface area contributed by atoms with Crippen molar-refractivity contribution in [1.82, 2.24) is 0 Å². The molecule has 8 aromatic carbocycles. The molecule has 1 aromatic heterocycles. The standard InChI is InChI=1S/C44H29NO/c1-2-11-30(12-3-1)33-17-10-18-37(26-33)45(38-23-24-44-41(29-38)39-19-8-9-20-43(39)46-44)42-28-35-16-7-6-15-34(35)27-40(42)36-22-21-31-13-4-5-14-32(31)25-36/h1-29H. The Hall–Kier alpha value is -6.12. The summed E-state index contributed by atoms with van der Waals surface area (Å²) in [6.07, 6.45) is 0. The topological polar surface area (TPSA) is 16.4 Å². The highest BCUT2D eigenvalue weighted by atomic mass is 16.3. The molecule has 2 nitrogen and oxygen atoms in total. The zero-order valence-corrected chi connectivity index (χ0v) is 25.1. The Morgan fingerprint density at radius 1 is 0.348 bits per heavy atom. The van der Waals surface area contributed by atoms with Gasteiger partial charge in [-0.1, -0.05) is 121 Å². The fourth-order valence-electron chi connectivity index (χ4n) is 6.74. The van der Waals surface area contributed by atoms with Crippen LogP contribution in [-0.2, 0) is 0 Å². The molecule has 216 valence electrons. The van der Waals surface area contributed by atoms with Gasteiger partial charge in [0, 0.05) is 27.7 Å². The van der Waals surface area contributed by atoms with Crippen LogP contribution in [0.2, 0.25) is 0 Å². The van der Waals surface area contributed by atoms with Crippen molar-refractivity contribution in [2.24, 2.45) is 0 Å². The maximum Gasteiger partial charge on any atom is 0.135 e. The van der Waals surface area contributed by atoms with Gasteiger partial charge in [0.05, 0.1) is 5.69 Å². The number of fused-ring (bicyclic) bond motifs is 5. The minimum atomic E-state index is 0.885. The summed E-state index contributed by atoms with van der Waals surface area (Å²) in [5, 5.41) is 7.09. The van der Waals surface area contributed by atoms with Crippen molar-refractivity contribution >= 4 is 60.5 Å². The van der Waals surface area contributed by atoms with Crippen molar-refractivity contribution in [3.63, 3.8) is 0 Å². The molecule has 0 atom stereocenters. The van der Waals surface area contributed by atoms with Crippen LogP contribution in [0.5, 0.6) is 0 Å². The molecule has 0 unspecified atom stereocenters. The van der Waals surface area contributed by atoms with E-state index in [4.69, 9.17) is 4.42 Å². The number of furan rings is 1. The lowest BCUT2D eigenvalue weighted by atomic mass is 9.95. The lowest BCUT2D eigenvalue weighted by Crippen LogP contribution is -2.11. The third-order valence-corrected chi connectivity index (χ3v) is 9.00. The van der Waals surface area contributed by atoms with Crippen LogP contribution in [-0.4, -0.2) is 0 Å². The summed E-state index contributed by atoms with van der Waals surface area (Å²) in [5.41, 5.74) is 9.77. The van der Waals surface area contributed by atoms with E-state index in [1.54, 1.807) is 0 Å². The second-order valence-corrected chi connectivity index (χ2v) is 11.8. The number of rotatable bonds is 5. The van der Waals surface area contributed by atoms with Crippen LogP contribution >= 0.6 is 0 Å². The highest BCUT2D eigenvalue weighted by Crippen LogP contribution is 2.45. The van der Waals surface area contributed by atoms with E-state index >= 15 is 0 Å².